The Bertz CT molecular complexity index is 778. The molecule has 0 saturated heterocycles. The molecule has 0 fully saturated rings. The Balaban J connectivity index is 0.00000312. The summed E-state index contributed by atoms with van der Waals surface area (Å²) in [6, 6.07) is 10.8. The molecular formula is C16H21BrIN3O2S2. The first-order valence-corrected chi connectivity index (χ1v) is 10.7. The van der Waals surface area contributed by atoms with Gasteiger partial charge >= 0.3 is 0 Å². The number of hydrogen-bond donors (Lipinski definition) is 2. The van der Waals surface area contributed by atoms with Gasteiger partial charge in [0.25, 0.3) is 0 Å². The van der Waals surface area contributed by atoms with E-state index >= 15 is 0 Å². The van der Waals surface area contributed by atoms with Crippen molar-refractivity contribution in [3.05, 3.63) is 51.1 Å². The molecule has 2 aromatic rings. The molecule has 1 heterocycles. The van der Waals surface area contributed by atoms with Gasteiger partial charge in [-0.1, -0.05) is 22.0 Å². The molecule has 0 radical (unpaired) electrons. The third-order valence-corrected chi connectivity index (χ3v) is 6.70. The van der Waals surface area contributed by atoms with Gasteiger partial charge in [-0.05, 0) is 42.6 Å². The van der Waals surface area contributed by atoms with Crippen molar-refractivity contribution in [2.75, 3.05) is 19.3 Å². The van der Waals surface area contributed by atoms with E-state index in [0.717, 1.165) is 4.47 Å². The molecule has 2 rings (SSSR count). The van der Waals surface area contributed by atoms with E-state index in [1.54, 1.807) is 42.6 Å². The summed E-state index contributed by atoms with van der Waals surface area (Å²) in [6.07, 6.45) is 0. The van der Waals surface area contributed by atoms with E-state index in [-0.39, 0.29) is 42.3 Å². The molecule has 0 aliphatic rings. The highest BCUT2D eigenvalue weighted by molar-refractivity contribution is 14.0. The van der Waals surface area contributed by atoms with Crippen LogP contribution in [0.25, 0.3) is 0 Å². The number of thiophene rings is 1. The largest absolute Gasteiger partial charge is 0.355 e. The Morgan fingerprint density at radius 2 is 1.96 bits per heavy atom. The van der Waals surface area contributed by atoms with Gasteiger partial charge < -0.3 is 10.6 Å². The smallest absolute Gasteiger partial charge is 0.191 e. The number of rotatable bonds is 6. The molecule has 25 heavy (non-hydrogen) atoms. The molecule has 0 aliphatic heterocycles. The lowest BCUT2D eigenvalue weighted by molar-refractivity contribution is 0.594. The number of nitrogens with one attached hydrogen (secondary N) is 2. The molecule has 9 heteroatoms. The SMILES string of the molecule is CN=C(NCCS(=O)(=O)c1ccc(Br)cc1)NC(C)c1cccs1.I. The Morgan fingerprint density at radius 3 is 2.52 bits per heavy atom. The topological polar surface area (TPSA) is 70.6 Å². The summed E-state index contributed by atoms with van der Waals surface area (Å²) in [7, 11) is -1.65. The van der Waals surface area contributed by atoms with Gasteiger partial charge in [-0.15, -0.1) is 35.3 Å². The zero-order valence-corrected chi connectivity index (χ0v) is 19.4. The van der Waals surface area contributed by atoms with Crippen molar-refractivity contribution in [2.45, 2.75) is 17.9 Å². The molecule has 5 nitrogen and oxygen atoms in total. The van der Waals surface area contributed by atoms with Crippen LogP contribution in [-0.2, 0) is 9.84 Å². The van der Waals surface area contributed by atoms with Crippen LogP contribution >= 0.6 is 51.2 Å². The van der Waals surface area contributed by atoms with E-state index in [1.807, 2.05) is 24.4 Å². The molecule has 138 valence electrons. The fraction of sp³-hybridized carbons (Fsp3) is 0.312. The van der Waals surface area contributed by atoms with Crippen molar-refractivity contribution in [2.24, 2.45) is 4.99 Å². The van der Waals surface area contributed by atoms with Crippen LogP contribution in [0, 0.1) is 0 Å². The number of sulfone groups is 1. The minimum absolute atomic E-state index is 0. The first-order valence-electron chi connectivity index (χ1n) is 7.41. The van der Waals surface area contributed by atoms with Crippen LogP contribution < -0.4 is 10.6 Å². The highest BCUT2D eigenvalue weighted by Gasteiger charge is 2.15. The fourth-order valence-electron chi connectivity index (χ4n) is 2.07. The van der Waals surface area contributed by atoms with Crippen LogP contribution in [0.4, 0.5) is 0 Å². The maximum absolute atomic E-state index is 12.3. The van der Waals surface area contributed by atoms with E-state index in [4.69, 9.17) is 0 Å². The number of nitrogens with zero attached hydrogens (tertiary/aromatic N) is 1. The predicted molar refractivity (Wildman–Crippen MR) is 119 cm³/mol. The van der Waals surface area contributed by atoms with Crippen LogP contribution in [0.3, 0.4) is 0 Å². The van der Waals surface area contributed by atoms with Crippen molar-refractivity contribution in [3.63, 3.8) is 0 Å². The first-order chi connectivity index (χ1) is 11.4. The van der Waals surface area contributed by atoms with Crippen molar-refractivity contribution in [1.29, 1.82) is 0 Å². The molecule has 0 spiro atoms. The molecular weight excluding hydrogens is 537 g/mol. The molecule has 1 unspecified atom stereocenters. The third-order valence-electron chi connectivity index (χ3n) is 3.38. The summed E-state index contributed by atoms with van der Waals surface area (Å²) in [5.41, 5.74) is 0. The van der Waals surface area contributed by atoms with Gasteiger partial charge in [0.15, 0.2) is 15.8 Å². The number of guanidine groups is 1. The van der Waals surface area contributed by atoms with Crippen LogP contribution in [0.1, 0.15) is 17.8 Å². The molecule has 0 saturated carbocycles. The van der Waals surface area contributed by atoms with Crippen molar-refractivity contribution in [3.8, 4) is 0 Å². The van der Waals surface area contributed by atoms with Gasteiger partial charge in [-0.25, -0.2) is 8.42 Å². The Morgan fingerprint density at radius 1 is 1.28 bits per heavy atom. The molecule has 2 N–H and O–H groups in total. The van der Waals surface area contributed by atoms with Crippen LogP contribution in [0.15, 0.2) is 56.1 Å². The number of halogens is 2. The van der Waals surface area contributed by atoms with Crippen LogP contribution in [0.2, 0.25) is 0 Å². The lowest BCUT2D eigenvalue weighted by atomic mass is 10.3. The zero-order chi connectivity index (χ0) is 17.6. The van der Waals surface area contributed by atoms with Crippen molar-refractivity contribution >= 4 is 67.0 Å². The van der Waals surface area contributed by atoms with E-state index < -0.39 is 9.84 Å². The third kappa shape index (κ3) is 6.87. The second kappa shape index (κ2) is 10.5. The van der Waals surface area contributed by atoms with E-state index in [9.17, 15) is 8.42 Å². The summed E-state index contributed by atoms with van der Waals surface area (Å²) in [6.45, 7) is 2.33. The van der Waals surface area contributed by atoms with Gasteiger partial charge in [0.05, 0.1) is 16.7 Å². The van der Waals surface area contributed by atoms with E-state index in [0.29, 0.717) is 10.9 Å². The first kappa shape index (κ1) is 22.4. The average molecular weight is 558 g/mol. The Kier molecular flexibility index (Phi) is 9.39. The minimum atomic E-state index is -3.32. The zero-order valence-electron chi connectivity index (χ0n) is 13.9. The Labute approximate surface area is 178 Å². The van der Waals surface area contributed by atoms with Gasteiger partial charge in [0.1, 0.15) is 0 Å². The molecule has 1 aromatic heterocycles. The van der Waals surface area contributed by atoms with Crippen LogP contribution in [0.5, 0.6) is 0 Å². The quantitative estimate of drug-likeness (QED) is 0.322. The van der Waals surface area contributed by atoms with Gasteiger partial charge in [-0.3, -0.25) is 4.99 Å². The summed E-state index contributed by atoms with van der Waals surface area (Å²) in [4.78, 5) is 5.66. The second-order valence-electron chi connectivity index (χ2n) is 5.15. The number of aliphatic imine (C=N–C) groups is 1. The van der Waals surface area contributed by atoms with Gasteiger partial charge in [0.2, 0.25) is 0 Å². The number of benzene rings is 1. The standard InChI is InChI=1S/C16H20BrN3O2S2.HI/c1-12(15-4-3-10-23-15)20-16(18-2)19-9-11-24(21,22)14-7-5-13(17)6-8-14;/h3-8,10,12H,9,11H2,1-2H3,(H2,18,19,20);1H. The molecule has 0 amide bonds. The molecule has 0 aliphatic carbocycles. The molecule has 0 bridgehead atoms. The number of hydrogen-bond acceptors (Lipinski definition) is 4. The summed E-state index contributed by atoms with van der Waals surface area (Å²) >= 11 is 4.97. The molecule has 1 aromatic carbocycles. The van der Waals surface area contributed by atoms with E-state index in [2.05, 4.69) is 31.6 Å². The maximum atomic E-state index is 12.3. The van der Waals surface area contributed by atoms with Crippen LogP contribution in [-0.4, -0.2) is 33.7 Å². The summed E-state index contributed by atoms with van der Waals surface area (Å²) in [5, 5.41) is 8.33. The van der Waals surface area contributed by atoms with Gasteiger partial charge in [-0.2, -0.15) is 0 Å². The normalized spacial score (nSPS) is 13.0. The average Bonchev–Trinajstić information content (AvgIpc) is 3.08. The van der Waals surface area contributed by atoms with Crippen molar-refractivity contribution < 1.29 is 8.42 Å². The highest BCUT2D eigenvalue weighted by atomic mass is 127. The maximum Gasteiger partial charge on any atom is 0.191 e. The minimum Gasteiger partial charge on any atom is -0.355 e. The predicted octanol–water partition coefficient (Wildman–Crippen LogP) is 3.83. The van der Waals surface area contributed by atoms with Gasteiger partial charge in [0, 0.05) is 22.9 Å². The lowest BCUT2D eigenvalue weighted by Crippen LogP contribution is -2.40. The highest BCUT2D eigenvalue weighted by Crippen LogP contribution is 2.18. The fourth-order valence-corrected chi connectivity index (χ4v) is 4.23. The summed E-state index contributed by atoms with van der Waals surface area (Å²) < 4.78 is 25.5. The monoisotopic (exact) mass is 557 g/mol. The van der Waals surface area contributed by atoms with Crippen molar-refractivity contribution in [1.82, 2.24) is 10.6 Å². The Hall–Kier alpha value is -0.650. The summed E-state index contributed by atoms with van der Waals surface area (Å²) in [5.74, 6) is 0.588. The lowest BCUT2D eigenvalue weighted by Gasteiger charge is -2.17. The van der Waals surface area contributed by atoms with E-state index in [1.165, 1.54) is 4.88 Å². The second-order valence-corrected chi connectivity index (χ2v) is 9.16. The molecule has 1 atom stereocenters.